The van der Waals surface area contributed by atoms with Crippen molar-refractivity contribution >= 4 is 25.1 Å². The summed E-state index contributed by atoms with van der Waals surface area (Å²) < 4.78 is 19.1. The highest BCUT2D eigenvalue weighted by atomic mass is 28.3. The lowest BCUT2D eigenvalue weighted by atomic mass is 10.1. The predicted molar refractivity (Wildman–Crippen MR) is 144 cm³/mol. The third-order valence-electron chi connectivity index (χ3n) is 5.63. The molecule has 1 heterocycles. The van der Waals surface area contributed by atoms with Gasteiger partial charge in [0.05, 0.1) is 19.8 Å². The highest BCUT2D eigenvalue weighted by Gasteiger charge is 2.20. The number of hydrogen-bond donors (Lipinski definition) is 0. The van der Waals surface area contributed by atoms with Crippen molar-refractivity contribution in [1.29, 1.82) is 0 Å². The number of fused-ring (bicyclic) bond motifs is 1. The SMILES string of the molecule is C=CCON(CCc1cn(CCCC(OCC)OCC)c2ccccc12)C(=O)OCC[Si](C)(C)C. The van der Waals surface area contributed by atoms with E-state index in [2.05, 4.69) is 55.2 Å². The van der Waals surface area contributed by atoms with E-state index in [0.29, 0.717) is 32.8 Å². The lowest BCUT2D eigenvalue weighted by molar-refractivity contribution is -0.140. The zero-order valence-corrected chi connectivity index (χ0v) is 23.3. The summed E-state index contributed by atoms with van der Waals surface area (Å²) in [6.07, 6.45) is 5.67. The molecule has 0 saturated heterocycles. The molecule has 35 heavy (non-hydrogen) atoms. The second-order valence-electron chi connectivity index (χ2n) is 9.71. The van der Waals surface area contributed by atoms with Gasteiger partial charge >= 0.3 is 6.09 Å². The monoisotopic (exact) mass is 504 g/mol. The fraction of sp³-hybridized carbons (Fsp3) is 0.593. The van der Waals surface area contributed by atoms with Gasteiger partial charge in [-0.25, -0.2) is 4.79 Å². The summed E-state index contributed by atoms with van der Waals surface area (Å²) in [6.45, 7) is 17.7. The van der Waals surface area contributed by atoms with Crippen LogP contribution in [0, 0.1) is 0 Å². The summed E-state index contributed by atoms with van der Waals surface area (Å²) in [5.41, 5.74) is 2.36. The zero-order valence-electron chi connectivity index (χ0n) is 22.3. The van der Waals surface area contributed by atoms with E-state index in [0.717, 1.165) is 25.4 Å². The van der Waals surface area contributed by atoms with E-state index in [1.165, 1.54) is 21.5 Å². The summed E-state index contributed by atoms with van der Waals surface area (Å²) in [5.74, 6) is 0. The third-order valence-corrected chi connectivity index (χ3v) is 7.33. The summed E-state index contributed by atoms with van der Waals surface area (Å²) in [4.78, 5) is 18.3. The van der Waals surface area contributed by atoms with E-state index in [9.17, 15) is 4.79 Å². The predicted octanol–water partition coefficient (Wildman–Crippen LogP) is 6.26. The van der Waals surface area contributed by atoms with Crippen molar-refractivity contribution in [3.63, 3.8) is 0 Å². The Hall–Kier alpha value is -2.13. The van der Waals surface area contributed by atoms with Crippen LogP contribution in [0.3, 0.4) is 0 Å². The van der Waals surface area contributed by atoms with Crippen molar-refractivity contribution < 1.29 is 23.8 Å². The number of para-hydroxylation sites is 1. The Bertz CT molecular complexity index is 903. The number of nitrogens with zero attached hydrogens (tertiary/aromatic N) is 2. The number of aryl methyl sites for hydroxylation is 1. The molecule has 1 amide bonds. The van der Waals surface area contributed by atoms with Crippen molar-refractivity contribution in [1.82, 2.24) is 9.63 Å². The molecule has 2 aromatic rings. The number of benzene rings is 1. The van der Waals surface area contributed by atoms with Crippen LogP contribution in [0.1, 0.15) is 32.3 Å². The molecule has 196 valence electrons. The normalized spacial score (nSPS) is 11.8. The van der Waals surface area contributed by atoms with Crippen LogP contribution in [-0.2, 0) is 32.0 Å². The van der Waals surface area contributed by atoms with Crippen LogP contribution in [0.2, 0.25) is 25.7 Å². The lowest BCUT2D eigenvalue weighted by Gasteiger charge is -2.22. The van der Waals surface area contributed by atoms with Crippen molar-refractivity contribution in [3.05, 3.63) is 48.7 Å². The molecule has 0 bridgehead atoms. The van der Waals surface area contributed by atoms with Gasteiger partial charge in [-0.15, -0.1) is 6.58 Å². The molecule has 0 atom stereocenters. The van der Waals surface area contributed by atoms with Crippen LogP contribution < -0.4 is 0 Å². The third kappa shape index (κ3) is 10.2. The number of aromatic nitrogens is 1. The van der Waals surface area contributed by atoms with Crippen LogP contribution in [0.15, 0.2) is 43.1 Å². The summed E-state index contributed by atoms with van der Waals surface area (Å²) >= 11 is 0. The molecule has 2 rings (SSSR count). The first kappa shape index (κ1) is 29.1. The topological polar surface area (TPSA) is 62.2 Å². The average Bonchev–Trinajstić information content (AvgIpc) is 3.16. The van der Waals surface area contributed by atoms with E-state index in [4.69, 9.17) is 19.0 Å². The fourth-order valence-electron chi connectivity index (χ4n) is 3.81. The van der Waals surface area contributed by atoms with Crippen LogP contribution in [0.25, 0.3) is 10.9 Å². The molecule has 0 unspecified atom stereocenters. The summed E-state index contributed by atoms with van der Waals surface area (Å²) in [6, 6.07) is 9.30. The van der Waals surface area contributed by atoms with Crippen LogP contribution >= 0.6 is 0 Å². The van der Waals surface area contributed by atoms with Crippen LogP contribution in [0.4, 0.5) is 4.79 Å². The molecule has 0 saturated carbocycles. The second-order valence-corrected chi connectivity index (χ2v) is 15.3. The van der Waals surface area contributed by atoms with E-state index in [-0.39, 0.29) is 12.9 Å². The first-order chi connectivity index (χ1) is 16.8. The molecular formula is C27H44N2O5Si. The van der Waals surface area contributed by atoms with Gasteiger partial charge in [0.15, 0.2) is 6.29 Å². The zero-order chi connectivity index (χ0) is 25.7. The van der Waals surface area contributed by atoms with Gasteiger partial charge in [0.25, 0.3) is 0 Å². The molecule has 1 aromatic carbocycles. The molecule has 0 radical (unpaired) electrons. The molecule has 0 spiro atoms. The first-order valence-electron chi connectivity index (χ1n) is 12.8. The number of ether oxygens (including phenoxy) is 3. The van der Waals surface area contributed by atoms with Crippen molar-refractivity contribution in [2.75, 3.05) is 33.0 Å². The number of amides is 1. The van der Waals surface area contributed by atoms with Gasteiger partial charge < -0.3 is 18.8 Å². The largest absolute Gasteiger partial charge is 0.448 e. The standard InChI is InChI=1S/C27H44N2O5Si/c1-7-19-34-29(27(30)33-20-21-35(4,5)6)18-16-23-22-28(25-14-11-10-13-24(23)25)17-12-15-26(31-8-2)32-9-3/h7,10-11,13-14,22,26H,1,8-9,12,15-21H2,2-6H3. The molecule has 7 nitrogen and oxygen atoms in total. The molecule has 0 aliphatic rings. The molecular weight excluding hydrogens is 460 g/mol. The van der Waals surface area contributed by atoms with Gasteiger partial charge in [-0.2, -0.15) is 5.06 Å². The molecule has 8 heteroatoms. The fourth-order valence-corrected chi connectivity index (χ4v) is 4.53. The molecule has 0 N–H and O–H groups in total. The number of carbonyl (C=O) groups excluding carboxylic acids is 1. The smallest absolute Gasteiger partial charge is 0.433 e. The Morgan fingerprint density at radius 2 is 1.89 bits per heavy atom. The van der Waals surface area contributed by atoms with E-state index >= 15 is 0 Å². The Morgan fingerprint density at radius 1 is 1.17 bits per heavy atom. The number of rotatable bonds is 17. The first-order valence-corrected chi connectivity index (χ1v) is 16.5. The Kier molecular flexibility index (Phi) is 12.5. The number of hydroxylamine groups is 2. The van der Waals surface area contributed by atoms with Gasteiger partial charge in [-0.1, -0.05) is 43.9 Å². The van der Waals surface area contributed by atoms with Crippen molar-refractivity contribution in [3.8, 4) is 0 Å². The second kappa shape index (κ2) is 15.1. The van der Waals surface area contributed by atoms with Gasteiger partial charge in [-0.3, -0.25) is 4.84 Å². The van der Waals surface area contributed by atoms with Crippen molar-refractivity contribution in [2.45, 2.75) is 71.6 Å². The Labute approximate surface area is 211 Å². The van der Waals surface area contributed by atoms with Crippen molar-refractivity contribution in [2.24, 2.45) is 0 Å². The highest BCUT2D eigenvalue weighted by Crippen LogP contribution is 2.23. The maximum Gasteiger partial charge on any atom is 0.433 e. The van der Waals surface area contributed by atoms with Crippen LogP contribution in [0.5, 0.6) is 0 Å². The van der Waals surface area contributed by atoms with Gasteiger partial charge in [-0.05, 0) is 44.4 Å². The van der Waals surface area contributed by atoms with Gasteiger partial charge in [0.2, 0.25) is 0 Å². The average molecular weight is 505 g/mol. The summed E-state index contributed by atoms with van der Waals surface area (Å²) in [5, 5.41) is 2.52. The minimum atomic E-state index is -1.28. The quantitative estimate of drug-likeness (QED) is 0.110. The highest BCUT2D eigenvalue weighted by molar-refractivity contribution is 6.76. The maximum atomic E-state index is 12.7. The lowest BCUT2D eigenvalue weighted by Crippen LogP contribution is -2.35. The summed E-state index contributed by atoms with van der Waals surface area (Å²) in [7, 11) is -1.28. The van der Waals surface area contributed by atoms with Gasteiger partial charge in [0, 0.05) is 51.4 Å². The van der Waals surface area contributed by atoms with E-state index < -0.39 is 14.2 Å². The molecule has 0 fully saturated rings. The molecule has 0 aliphatic carbocycles. The van der Waals surface area contributed by atoms with Gasteiger partial charge in [0.1, 0.15) is 0 Å². The minimum Gasteiger partial charge on any atom is -0.448 e. The minimum absolute atomic E-state index is 0.158. The Balaban J connectivity index is 2.04. The Morgan fingerprint density at radius 3 is 2.54 bits per heavy atom. The number of carbonyl (C=O) groups is 1. The molecule has 0 aliphatic heterocycles. The number of hydrogen-bond acceptors (Lipinski definition) is 5. The van der Waals surface area contributed by atoms with E-state index in [1.807, 2.05) is 19.9 Å². The van der Waals surface area contributed by atoms with Crippen LogP contribution in [-0.4, -0.2) is 63.1 Å². The molecule has 1 aromatic heterocycles. The van der Waals surface area contributed by atoms with E-state index in [1.54, 1.807) is 6.08 Å². The maximum absolute atomic E-state index is 12.7.